The first-order valence-corrected chi connectivity index (χ1v) is 8.61. The van der Waals surface area contributed by atoms with Crippen molar-refractivity contribution in [1.29, 1.82) is 0 Å². The molecule has 0 heterocycles. The molecule has 116 valence electrons. The number of rotatable bonds is 7. The van der Waals surface area contributed by atoms with Gasteiger partial charge in [-0.15, -0.1) is 0 Å². The molecule has 4 nitrogen and oxygen atoms in total. The molecule has 0 N–H and O–H groups in total. The Kier molecular flexibility index (Phi) is 5.22. The fourth-order valence-electron chi connectivity index (χ4n) is 1.87. The summed E-state index contributed by atoms with van der Waals surface area (Å²) in [5.41, 5.74) is 2.09. The predicted molar refractivity (Wildman–Crippen MR) is 87.6 cm³/mol. The van der Waals surface area contributed by atoms with Gasteiger partial charge in [-0.3, -0.25) is 0 Å². The van der Waals surface area contributed by atoms with Crippen LogP contribution >= 0.6 is 0 Å². The van der Waals surface area contributed by atoms with E-state index in [0.717, 1.165) is 29.6 Å². The van der Waals surface area contributed by atoms with Crippen LogP contribution in [0.1, 0.15) is 11.1 Å². The van der Waals surface area contributed by atoms with Crippen molar-refractivity contribution in [2.24, 2.45) is 0 Å². The van der Waals surface area contributed by atoms with E-state index >= 15 is 0 Å². The molecule has 0 saturated heterocycles. The van der Waals surface area contributed by atoms with Crippen LogP contribution in [0, 0.1) is 0 Å². The lowest BCUT2D eigenvalue weighted by Gasteiger charge is -2.07. The fraction of sp³-hybridized carbons (Fsp3) is 0.176. The quantitative estimate of drug-likeness (QED) is 0.735. The van der Waals surface area contributed by atoms with Crippen LogP contribution in [0.3, 0.4) is 0 Å². The van der Waals surface area contributed by atoms with E-state index in [1.54, 1.807) is 18.2 Å². The molecule has 0 spiro atoms. The second kappa shape index (κ2) is 7.13. The van der Waals surface area contributed by atoms with Crippen molar-refractivity contribution >= 4 is 16.2 Å². The molecule has 0 aliphatic rings. The largest absolute Gasteiger partial charge is 0.493 e. The molecule has 0 saturated carbocycles. The molecule has 2 aromatic carbocycles. The SMILES string of the molecule is C=Cc1ccc(OCCc2ccc(OS(C)(=O)=O)cc2)cc1. The van der Waals surface area contributed by atoms with Gasteiger partial charge in [0.25, 0.3) is 0 Å². The first-order chi connectivity index (χ1) is 10.5. The molecule has 0 unspecified atom stereocenters. The van der Waals surface area contributed by atoms with E-state index in [4.69, 9.17) is 8.92 Å². The van der Waals surface area contributed by atoms with E-state index in [1.807, 2.05) is 36.4 Å². The highest BCUT2D eigenvalue weighted by Crippen LogP contribution is 2.16. The van der Waals surface area contributed by atoms with Gasteiger partial charge in [0.05, 0.1) is 12.9 Å². The van der Waals surface area contributed by atoms with Crippen molar-refractivity contribution in [3.8, 4) is 11.5 Å². The lowest BCUT2D eigenvalue weighted by molar-refractivity contribution is 0.322. The van der Waals surface area contributed by atoms with Gasteiger partial charge in [0.2, 0.25) is 0 Å². The first-order valence-electron chi connectivity index (χ1n) is 6.80. The van der Waals surface area contributed by atoms with Gasteiger partial charge in [-0.25, -0.2) is 0 Å². The third-order valence-electron chi connectivity index (χ3n) is 2.95. The molecule has 0 aromatic heterocycles. The minimum atomic E-state index is -3.48. The smallest absolute Gasteiger partial charge is 0.306 e. The average Bonchev–Trinajstić information content (AvgIpc) is 2.48. The number of ether oxygens (including phenoxy) is 1. The van der Waals surface area contributed by atoms with Gasteiger partial charge in [-0.2, -0.15) is 8.42 Å². The Labute approximate surface area is 131 Å². The maximum Gasteiger partial charge on any atom is 0.306 e. The minimum absolute atomic E-state index is 0.312. The molecule has 0 bridgehead atoms. The molecular weight excluding hydrogens is 300 g/mol. The fourth-order valence-corrected chi connectivity index (χ4v) is 2.33. The van der Waals surface area contributed by atoms with Gasteiger partial charge >= 0.3 is 10.1 Å². The van der Waals surface area contributed by atoms with Crippen LogP contribution in [-0.4, -0.2) is 21.3 Å². The Hall–Kier alpha value is -2.27. The normalized spacial score (nSPS) is 11.0. The van der Waals surface area contributed by atoms with Gasteiger partial charge in [0, 0.05) is 6.42 Å². The number of hydrogen-bond donors (Lipinski definition) is 0. The Bertz CT molecular complexity index is 716. The van der Waals surface area contributed by atoms with Crippen LogP contribution in [0.4, 0.5) is 0 Å². The van der Waals surface area contributed by atoms with Crippen molar-refractivity contribution in [3.63, 3.8) is 0 Å². The molecule has 0 aliphatic heterocycles. The molecule has 22 heavy (non-hydrogen) atoms. The van der Waals surface area contributed by atoms with Crippen LogP contribution < -0.4 is 8.92 Å². The summed E-state index contributed by atoms with van der Waals surface area (Å²) in [4.78, 5) is 0. The molecule has 2 aromatic rings. The monoisotopic (exact) mass is 318 g/mol. The minimum Gasteiger partial charge on any atom is -0.493 e. The highest BCUT2D eigenvalue weighted by molar-refractivity contribution is 7.86. The molecule has 0 amide bonds. The van der Waals surface area contributed by atoms with Crippen LogP contribution in [0.5, 0.6) is 11.5 Å². The van der Waals surface area contributed by atoms with Crippen molar-refractivity contribution in [1.82, 2.24) is 0 Å². The van der Waals surface area contributed by atoms with Gasteiger partial charge in [0.1, 0.15) is 11.5 Å². The molecule has 2 rings (SSSR count). The van der Waals surface area contributed by atoms with E-state index in [0.29, 0.717) is 12.4 Å². The van der Waals surface area contributed by atoms with E-state index in [1.165, 1.54) is 0 Å². The topological polar surface area (TPSA) is 52.6 Å². The lowest BCUT2D eigenvalue weighted by Crippen LogP contribution is -2.06. The summed E-state index contributed by atoms with van der Waals surface area (Å²) < 4.78 is 32.5. The lowest BCUT2D eigenvalue weighted by atomic mass is 10.1. The molecular formula is C17H18O4S. The highest BCUT2D eigenvalue weighted by Gasteiger charge is 2.04. The molecule has 0 radical (unpaired) electrons. The Morgan fingerprint density at radius 3 is 2.14 bits per heavy atom. The van der Waals surface area contributed by atoms with Crippen molar-refractivity contribution in [2.75, 3.05) is 12.9 Å². The van der Waals surface area contributed by atoms with Crippen LogP contribution in [0.2, 0.25) is 0 Å². The Balaban J connectivity index is 1.85. The number of hydrogen-bond acceptors (Lipinski definition) is 4. The third kappa shape index (κ3) is 5.26. The molecule has 0 aliphatic carbocycles. The second-order valence-corrected chi connectivity index (χ2v) is 6.38. The van der Waals surface area contributed by atoms with Gasteiger partial charge < -0.3 is 8.92 Å². The van der Waals surface area contributed by atoms with E-state index in [-0.39, 0.29) is 0 Å². The zero-order valence-corrected chi connectivity index (χ0v) is 13.2. The Morgan fingerprint density at radius 1 is 1.00 bits per heavy atom. The van der Waals surface area contributed by atoms with Crippen LogP contribution in [0.25, 0.3) is 6.08 Å². The average molecular weight is 318 g/mol. The van der Waals surface area contributed by atoms with Crippen molar-refractivity contribution < 1.29 is 17.3 Å². The maximum atomic E-state index is 11.0. The second-order valence-electron chi connectivity index (χ2n) is 4.80. The molecule has 0 atom stereocenters. The molecule has 0 fully saturated rings. The summed E-state index contributed by atoms with van der Waals surface area (Å²) in [5.74, 6) is 1.12. The van der Waals surface area contributed by atoms with E-state index < -0.39 is 10.1 Å². The summed E-state index contributed by atoms with van der Waals surface area (Å²) in [5, 5.41) is 0. The summed E-state index contributed by atoms with van der Waals surface area (Å²) in [6.45, 7) is 4.24. The van der Waals surface area contributed by atoms with Gasteiger partial charge in [-0.1, -0.05) is 36.9 Å². The standard InChI is InChI=1S/C17H18O4S/c1-3-14-4-8-16(9-5-14)20-13-12-15-6-10-17(11-7-15)21-22(2,18)19/h3-11H,1,12-13H2,2H3. The van der Waals surface area contributed by atoms with Crippen LogP contribution in [0.15, 0.2) is 55.1 Å². The Morgan fingerprint density at radius 2 is 1.59 bits per heavy atom. The summed E-state index contributed by atoms with van der Waals surface area (Å²) in [6.07, 6.45) is 3.53. The zero-order valence-electron chi connectivity index (χ0n) is 12.4. The molecule has 5 heteroatoms. The highest BCUT2D eigenvalue weighted by atomic mass is 32.2. The van der Waals surface area contributed by atoms with Gasteiger partial charge in [0.15, 0.2) is 0 Å². The summed E-state index contributed by atoms with van der Waals surface area (Å²) >= 11 is 0. The third-order valence-corrected chi connectivity index (χ3v) is 3.44. The zero-order chi connectivity index (χ0) is 16.0. The van der Waals surface area contributed by atoms with E-state index in [9.17, 15) is 8.42 Å². The number of benzene rings is 2. The van der Waals surface area contributed by atoms with E-state index in [2.05, 4.69) is 6.58 Å². The summed E-state index contributed by atoms with van der Waals surface area (Å²) in [6, 6.07) is 14.6. The predicted octanol–water partition coefficient (Wildman–Crippen LogP) is 3.29. The summed E-state index contributed by atoms with van der Waals surface area (Å²) in [7, 11) is -3.48. The van der Waals surface area contributed by atoms with Crippen molar-refractivity contribution in [2.45, 2.75) is 6.42 Å². The van der Waals surface area contributed by atoms with Crippen LogP contribution in [-0.2, 0) is 16.5 Å². The van der Waals surface area contributed by atoms with Crippen molar-refractivity contribution in [3.05, 3.63) is 66.2 Å². The maximum absolute atomic E-state index is 11.0. The first kappa shape index (κ1) is 16.1. The van der Waals surface area contributed by atoms with Gasteiger partial charge in [-0.05, 0) is 35.4 Å².